The number of benzene rings is 2. The molecule has 0 aromatic heterocycles. The van der Waals surface area contributed by atoms with Gasteiger partial charge in [0.15, 0.2) is 5.96 Å². The van der Waals surface area contributed by atoms with Gasteiger partial charge in [0, 0.05) is 31.7 Å². The molecule has 0 bridgehead atoms. The Bertz CT molecular complexity index is 774. The smallest absolute Gasteiger partial charge is 0.191 e. The van der Waals surface area contributed by atoms with E-state index >= 15 is 0 Å². The van der Waals surface area contributed by atoms with Gasteiger partial charge in [-0.15, -0.1) is 0 Å². The third-order valence-electron chi connectivity index (χ3n) is 4.80. The van der Waals surface area contributed by atoms with Crippen molar-refractivity contribution in [3.63, 3.8) is 0 Å². The number of aryl methyl sites for hydroxylation is 1. The molecule has 6 nitrogen and oxygen atoms in total. The number of rotatable bonds is 9. The fourth-order valence-corrected chi connectivity index (χ4v) is 3.12. The Hall–Kier alpha value is -2.73. The molecule has 1 aliphatic heterocycles. The standard InChI is InChI=1S/C23H31N3O3/c1-18-8-9-20(22(14-18)29-17-19-10-12-27-16-19)15-26-23(24-2)25-11-13-28-21-6-4-3-5-7-21/h3-9,14,19H,10-13,15-17H2,1-2H3,(H2,24,25,26). The molecule has 156 valence electrons. The molecule has 29 heavy (non-hydrogen) atoms. The third-order valence-corrected chi connectivity index (χ3v) is 4.80. The molecule has 1 heterocycles. The van der Waals surface area contributed by atoms with Crippen LogP contribution in [0.15, 0.2) is 53.5 Å². The summed E-state index contributed by atoms with van der Waals surface area (Å²) in [5, 5.41) is 6.62. The van der Waals surface area contributed by atoms with Gasteiger partial charge in [-0.05, 0) is 37.1 Å². The van der Waals surface area contributed by atoms with Crippen molar-refractivity contribution in [2.24, 2.45) is 10.9 Å². The van der Waals surface area contributed by atoms with Crippen molar-refractivity contribution in [3.05, 3.63) is 59.7 Å². The highest BCUT2D eigenvalue weighted by Crippen LogP contribution is 2.22. The molecule has 0 radical (unpaired) electrons. The van der Waals surface area contributed by atoms with E-state index in [1.54, 1.807) is 7.05 Å². The van der Waals surface area contributed by atoms with Gasteiger partial charge in [0.1, 0.15) is 18.1 Å². The maximum atomic E-state index is 6.12. The summed E-state index contributed by atoms with van der Waals surface area (Å²) in [4.78, 5) is 4.29. The Labute approximate surface area is 173 Å². The number of nitrogens with one attached hydrogen (secondary N) is 2. The molecule has 1 fully saturated rings. The van der Waals surface area contributed by atoms with Gasteiger partial charge in [-0.3, -0.25) is 4.99 Å². The lowest BCUT2D eigenvalue weighted by Crippen LogP contribution is -2.39. The Morgan fingerprint density at radius 2 is 2.00 bits per heavy atom. The molecule has 3 rings (SSSR count). The average molecular weight is 398 g/mol. The number of guanidine groups is 1. The number of hydrogen-bond acceptors (Lipinski definition) is 4. The Morgan fingerprint density at radius 3 is 2.76 bits per heavy atom. The van der Waals surface area contributed by atoms with E-state index in [1.165, 1.54) is 5.56 Å². The summed E-state index contributed by atoms with van der Waals surface area (Å²) in [5.41, 5.74) is 2.30. The van der Waals surface area contributed by atoms with E-state index in [1.807, 2.05) is 30.3 Å². The van der Waals surface area contributed by atoms with E-state index < -0.39 is 0 Å². The summed E-state index contributed by atoms with van der Waals surface area (Å²) < 4.78 is 17.3. The van der Waals surface area contributed by atoms with Gasteiger partial charge in [0.05, 0.1) is 19.8 Å². The lowest BCUT2D eigenvalue weighted by Gasteiger charge is -2.17. The van der Waals surface area contributed by atoms with Gasteiger partial charge in [0.2, 0.25) is 0 Å². The fourth-order valence-electron chi connectivity index (χ4n) is 3.12. The summed E-state index contributed by atoms with van der Waals surface area (Å²) in [6.45, 7) is 6.26. The zero-order valence-electron chi connectivity index (χ0n) is 17.3. The average Bonchev–Trinajstić information content (AvgIpc) is 3.27. The molecule has 1 aliphatic rings. The first-order valence-electron chi connectivity index (χ1n) is 10.2. The van der Waals surface area contributed by atoms with Crippen LogP contribution in [0.1, 0.15) is 17.5 Å². The molecule has 2 aromatic carbocycles. The SMILES string of the molecule is CN=C(NCCOc1ccccc1)NCc1ccc(C)cc1OCC1CCOC1. The molecule has 0 amide bonds. The molecular formula is C23H31N3O3. The van der Waals surface area contributed by atoms with Crippen LogP contribution in [-0.4, -0.2) is 46.0 Å². The Morgan fingerprint density at radius 1 is 1.14 bits per heavy atom. The van der Waals surface area contributed by atoms with Crippen LogP contribution < -0.4 is 20.1 Å². The van der Waals surface area contributed by atoms with Crippen molar-refractivity contribution >= 4 is 5.96 Å². The van der Waals surface area contributed by atoms with Crippen LogP contribution in [0.4, 0.5) is 0 Å². The highest BCUT2D eigenvalue weighted by atomic mass is 16.5. The Balaban J connectivity index is 1.45. The molecule has 0 spiro atoms. The maximum Gasteiger partial charge on any atom is 0.191 e. The molecule has 1 atom stereocenters. The highest BCUT2D eigenvalue weighted by molar-refractivity contribution is 5.79. The summed E-state index contributed by atoms with van der Waals surface area (Å²) in [5.74, 6) is 3.01. The van der Waals surface area contributed by atoms with E-state index in [0.29, 0.717) is 32.2 Å². The molecule has 0 saturated carbocycles. The van der Waals surface area contributed by atoms with Crippen molar-refractivity contribution in [1.29, 1.82) is 0 Å². The van der Waals surface area contributed by atoms with Gasteiger partial charge in [-0.2, -0.15) is 0 Å². The molecule has 2 N–H and O–H groups in total. The first kappa shape index (κ1) is 21.0. The zero-order chi connectivity index (χ0) is 20.3. The van der Waals surface area contributed by atoms with E-state index in [0.717, 1.165) is 42.7 Å². The quantitative estimate of drug-likeness (QED) is 0.387. The first-order chi connectivity index (χ1) is 14.2. The third kappa shape index (κ3) is 6.98. The molecule has 1 saturated heterocycles. The summed E-state index contributed by atoms with van der Waals surface area (Å²) in [6.07, 6.45) is 1.07. The normalized spacial score (nSPS) is 16.5. The Kier molecular flexibility index (Phi) is 8.19. The lowest BCUT2D eigenvalue weighted by atomic mass is 10.1. The highest BCUT2D eigenvalue weighted by Gasteiger charge is 2.17. The molecule has 1 unspecified atom stereocenters. The van der Waals surface area contributed by atoms with Crippen LogP contribution in [0.2, 0.25) is 0 Å². The number of para-hydroxylation sites is 1. The topological polar surface area (TPSA) is 64.1 Å². The minimum absolute atomic E-state index is 0.482. The summed E-state index contributed by atoms with van der Waals surface area (Å²) in [6, 6.07) is 16.1. The van der Waals surface area contributed by atoms with Gasteiger partial charge in [-0.1, -0.05) is 30.3 Å². The largest absolute Gasteiger partial charge is 0.493 e. The van der Waals surface area contributed by atoms with E-state index in [-0.39, 0.29) is 0 Å². The molecule has 2 aromatic rings. The van der Waals surface area contributed by atoms with Gasteiger partial charge in [0.25, 0.3) is 0 Å². The van der Waals surface area contributed by atoms with E-state index in [2.05, 4.69) is 40.7 Å². The summed E-state index contributed by atoms with van der Waals surface area (Å²) >= 11 is 0. The van der Waals surface area contributed by atoms with Gasteiger partial charge in [-0.25, -0.2) is 0 Å². The van der Waals surface area contributed by atoms with Crippen LogP contribution in [0.5, 0.6) is 11.5 Å². The van der Waals surface area contributed by atoms with Crippen LogP contribution in [0, 0.1) is 12.8 Å². The predicted molar refractivity (Wildman–Crippen MR) is 116 cm³/mol. The number of nitrogens with zero attached hydrogens (tertiary/aromatic N) is 1. The van der Waals surface area contributed by atoms with Gasteiger partial charge >= 0.3 is 0 Å². The second kappa shape index (κ2) is 11.3. The summed E-state index contributed by atoms with van der Waals surface area (Å²) in [7, 11) is 1.76. The van der Waals surface area contributed by atoms with Crippen molar-refractivity contribution in [1.82, 2.24) is 10.6 Å². The minimum atomic E-state index is 0.482. The van der Waals surface area contributed by atoms with E-state index in [4.69, 9.17) is 14.2 Å². The second-order valence-electron chi connectivity index (χ2n) is 7.17. The number of aliphatic imine (C=N–C) groups is 1. The van der Waals surface area contributed by atoms with Crippen LogP contribution in [0.25, 0.3) is 0 Å². The molecule has 6 heteroatoms. The second-order valence-corrected chi connectivity index (χ2v) is 7.17. The lowest BCUT2D eigenvalue weighted by molar-refractivity contribution is 0.166. The van der Waals surface area contributed by atoms with Crippen molar-refractivity contribution in [2.45, 2.75) is 19.9 Å². The van der Waals surface area contributed by atoms with Crippen LogP contribution in [0.3, 0.4) is 0 Å². The number of ether oxygens (including phenoxy) is 3. The van der Waals surface area contributed by atoms with Crippen molar-refractivity contribution in [2.75, 3.05) is 40.0 Å². The first-order valence-corrected chi connectivity index (χ1v) is 10.2. The minimum Gasteiger partial charge on any atom is -0.493 e. The molecule has 0 aliphatic carbocycles. The fraction of sp³-hybridized carbons (Fsp3) is 0.435. The predicted octanol–water partition coefficient (Wildman–Crippen LogP) is 3.15. The van der Waals surface area contributed by atoms with Crippen LogP contribution >= 0.6 is 0 Å². The van der Waals surface area contributed by atoms with Crippen molar-refractivity contribution in [3.8, 4) is 11.5 Å². The van der Waals surface area contributed by atoms with E-state index in [9.17, 15) is 0 Å². The maximum absolute atomic E-state index is 6.12. The van der Waals surface area contributed by atoms with Crippen molar-refractivity contribution < 1.29 is 14.2 Å². The molecular weight excluding hydrogens is 366 g/mol. The zero-order valence-corrected chi connectivity index (χ0v) is 17.3. The van der Waals surface area contributed by atoms with Gasteiger partial charge < -0.3 is 24.8 Å². The number of hydrogen-bond donors (Lipinski definition) is 2. The monoisotopic (exact) mass is 397 g/mol. The van der Waals surface area contributed by atoms with Crippen LogP contribution in [-0.2, 0) is 11.3 Å².